The zero-order valence-corrected chi connectivity index (χ0v) is 11.0. The number of aliphatic hydroxyl groups is 1. The van der Waals surface area contributed by atoms with Crippen molar-refractivity contribution in [2.45, 2.75) is 26.9 Å². The molecule has 0 fully saturated rings. The Kier molecular flexibility index (Phi) is 4.21. The summed E-state index contributed by atoms with van der Waals surface area (Å²) in [4.78, 5) is 0. The monoisotopic (exact) mass is 244 g/mol. The summed E-state index contributed by atoms with van der Waals surface area (Å²) in [6, 6.07) is 12.1. The van der Waals surface area contributed by atoms with Gasteiger partial charge in [-0.2, -0.15) is 0 Å². The van der Waals surface area contributed by atoms with Crippen LogP contribution in [0, 0.1) is 5.92 Å². The minimum Gasteiger partial charge on any atom is -0.493 e. The smallest absolute Gasteiger partial charge is 0.132 e. The fraction of sp³-hybridized carbons (Fsp3) is 0.375. The van der Waals surface area contributed by atoms with E-state index in [0.29, 0.717) is 12.5 Å². The van der Waals surface area contributed by atoms with Gasteiger partial charge in [-0.3, -0.25) is 0 Å². The second kappa shape index (κ2) is 5.87. The average molecular weight is 244 g/mol. The zero-order chi connectivity index (χ0) is 13.0. The van der Waals surface area contributed by atoms with E-state index in [0.717, 1.165) is 28.5 Å². The molecule has 1 N–H and O–H groups in total. The molecule has 2 nitrogen and oxygen atoms in total. The number of ether oxygens (including phenoxy) is 1. The lowest BCUT2D eigenvalue weighted by Gasteiger charge is -2.14. The molecule has 18 heavy (non-hydrogen) atoms. The van der Waals surface area contributed by atoms with Crippen LogP contribution in [0.4, 0.5) is 0 Å². The molecule has 0 amide bonds. The van der Waals surface area contributed by atoms with Crippen molar-refractivity contribution >= 4 is 10.8 Å². The minimum absolute atomic E-state index is 0.0157. The van der Waals surface area contributed by atoms with Gasteiger partial charge in [0.1, 0.15) is 5.75 Å². The number of hydrogen-bond donors (Lipinski definition) is 1. The van der Waals surface area contributed by atoms with Crippen LogP contribution in [-0.4, -0.2) is 11.7 Å². The van der Waals surface area contributed by atoms with Crippen LogP contribution in [0.3, 0.4) is 0 Å². The molecule has 0 radical (unpaired) electrons. The van der Waals surface area contributed by atoms with Gasteiger partial charge in [-0.1, -0.05) is 50.2 Å². The van der Waals surface area contributed by atoms with Gasteiger partial charge in [0.2, 0.25) is 0 Å². The highest BCUT2D eigenvalue weighted by Gasteiger charge is 2.08. The first kappa shape index (κ1) is 12.9. The number of aliphatic hydroxyl groups excluding tert-OH is 1. The Balaban J connectivity index is 2.32. The van der Waals surface area contributed by atoms with E-state index in [1.165, 1.54) is 0 Å². The van der Waals surface area contributed by atoms with Gasteiger partial charge in [0.25, 0.3) is 0 Å². The molecule has 0 saturated heterocycles. The Morgan fingerprint density at radius 3 is 2.61 bits per heavy atom. The van der Waals surface area contributed by atoms with E-state index in [-0.39, 0.29) is 6.61 Å². The first-order chi connectivity index (χ1) is 8.72. The average Bonchev–Trinajstić information content (AvgIpc) is 2.38. The highest BCUT2D eigenvalue weighted by atomic mass is 16.5. The second-order valence-electron chi connectivity index (χ2n) is 4.96. The predicted molar refractivity (Wildman–Crippen MR) is 74.8 cm³/mol. The fourth-order valence-corrected chi connectivity index (χ4v) is 1.98. The molecule has 0 saturated carbocycles. The molecule has 0 bridgehead atoms. The second-order valence-corrected chi connectivity index (χ2v) is 4.96. The molecular weight excluding hydrogens is 224 g/mol. The van der Waals surface area contributed by atoms with E-state index in [2.05, 4.69) is 19.9 Å². The maximum absolute atomic E-state index is 9.41. The highest BCUT2D eigenvalue weighted by Crippen LogP contribution is 2.30. The van der Waals surface area contributed by atoms with E-state index in [4.69, 9.17) is 4.74 Å². The van der Waals surface area contributed by atoms with Gasteiger partial charge in [0, 0.05) is 10.9 Å². The molecule has 0 aliphatic heterocycles. The van der Waals surface area contributed by atoms with Crippen molar-refractivity contribution in [3.63, 3.8) is 0 Å². The maximum Gasteiger partial charge on any atom is 0.132 e. The largest absolute Gasteiger partial charge is 0.493 e. The van der Waals surface area contributed by atoms with Crippen LogP contribution in [0.1, 0.15) is 25.8 Å². The van der Waals surface area contributed by atoms with Gasteiger partial charge >= 0.3 is 0 Å². The van der Waals surface area contributed by atoms with Crippen molar-refractivity contribution in [1.29, 1.82) is 0 Å². The number of fused-ring (bicyclic) bond motifs is 1. The van der Waals surface area contributed by atoms with Crippen LogP contribution < -0.4 is 4.74 Å². The van der Waals surface area contributed by atoms with Gasteiger partial charge in [-0.25, -0.2) is 0 Å². The molecule has 2 aromatic carbocycles. The number of hydrogen-bond acceptors (Lipinski definition) is 2. The van der Waals surface area contributed by atoms with Crippen LogP contribution in [0.5, 0.6) is 5.75 Å². The Bertz CT molecular complexity index is 517. The summed E-state index contributed by atoms with van der Waals surface area (Å²) in [5.41, 5.74) is 0.859. The summed E-state index contributed by atoms with van der Waals surface area (Å²) in [5, 5.41) is 11.6. The van der Waals surface area contributed by atoms with Crippen molar-refractivity contribution in [2.75, 3.05) is 6.61 Å². The molecule has 0 spiro atoms. The molecule has 0 heterocycles. The quantitative estimate of drug-likeness (QED) is 0.867. The van der Waals surface area contributed by atoms with Crippen molar-refractivity contribution in [3.05, 3.63) is 42.0 Å². The van der Waals surface area contributed by atoms with Gasteiger partial charge in [-0.15, -0.1) is 0 Å². The van der Waals surface area contributed by atoms with Gasteiger partial charge in [-0.05, 0) is 17.7 Å². The standard InChI is InChI=1S/C16H20O2/c1-12(2)9-10-18-16-14(11-17)8-7-13-5-3-4-6-15(13)16/h3-8,12,17H,9-11H2,1-2H3. The highest BCUT2D eigenvalue weighted by molar-refractivity contribution is 5.89. The van der Waals surface area contributed by atoms with Crippen LogP contribution >= 0.6 is 0 Å². The normalized spacial score (nSPS) is 11.1. The summed E-state index contributed by atoms with van der Waals surface area (Å²) in [6.45, 7) is 5.07. The van der Waals surface area contributed by atoms with Crippen LogP contribution in [0.15, 0.2) is 36.4 Å². The minimum atomic E-state index is 0.0157. The van der Waals surface area contributed by atoms with Crippen LogP contribution in [0.2, 0.25) is 0 Å². The predicted octanol–water partition coefficient (Wildman–Crippen LogP) is 3.76. The Morgan fingerprint density at radius 2 is 1.89 bits per heavy atom. The fourth-order valence-electron chi connectivity index (χ4n) is 1.98. The summed E-state index contributed by atoms with van der Waals surface area (Å²) in [5.74, 6) is 1.45. The lowest BCUT2D eigenvalue weighted by Crippen LogP contribution is -2.04. The van der Waals surface area contributed by atoms with Gasteiger partial charge < -0.3 is 9.84 Å². The third-order valence-electron chi connectivity index (χ3n) is 3.07. The molecule has 96 valence electrons. The third-order valence-corrected chi connectivity index (χ3v) is 3.07. The summed E-state index contributed by atoms with van der Waals surface area (Å²) < 4.78 is 5.89. The number of benzene rings is 2. The van der Waals surface area contributed by atoms with Crippen molar-refractivity contribution in [2.24, 2.45) is 5.92 Å². The molecule has 2 rings (SSSR count). The Hall–Kier alpha value is -1.54. The molecule has 2 aromatic rings. The molecule has 0 aromatic heterocycles. The number of rotatable bonds is 5. The molecule has 2 heteroatoms. The molecule has 0 atom stereocenters. The van der Waals surface area contributed by atoms with Crippen molar-refractivity contribution in [3.8, 4) is 5.75 Å². The lowest BCUT2D eigenvalue weighted by atomic mass is 10.1. The van der Waals surface area contributed by atoms with Gasteiger partial charge in [0.15, 0.2) is 0 Å². The first-order valence-corrected chi connectivity index (χ1v) is 6.46. The van der Waals surface area contributed by atoms with E-state index >= 15 is 0 Å². The zero-order valence-electron chi connectivity index (χ0n) is 11.0. The Labute approximate surface area is 108 Å². The summed E-state index contributed by atoms with van der Waals surface area (Å²) >= 11 is 0. The molecule has 0 aliphatic rings. The van der Waals surface area contributed by atoms with E-state index in [1.54, 1.807) is 0 Å². The SMILES string of the molecule is CC(C)CCOc1c(CO)ccc2ccccc12. The van der Waals surface area contributed by atoms with Crippen LogP contribution in [-0.2, 0) is 6.61 Å². The third kappa shape index (κ3) is 2.82. The first-order valence-electron chi connectivity index (χ1n) is 6.46. The topological polar surface area (TPSA) is 29.5 Å². The van der Waals surface area contributed by atoms with Gasteiger partial charge in [0.05, 0.1) is 13.2 Å². The van der Waals surface area contributed by atoms with Crippen molar-refractivity contribution in [1.82, 2.24) is 0 Å². The van der Waals surface area contributed by atoms with E-state index in [1.807, 2.05) is 30.3 Å². The maximum atomic E-state index is 9.41. The summed E-state index contributed by atoms with van der Waals surface area (Å²) in [7, 11) is 0. The molecular formula is C16H20O2. The molecule has 0 unspecified atom stereocenters. The van der Waals surface area contributed by atoms with E-state index in [9.17, 15) is 5.11 Å². The summed E-state index contributed by atoms with van der Waals surface area (Å²) in [6.07, 6.45) is 1.02. The Morgan fingerprint density at radius 1 is 1.11 bits per heavy atom. The van der Waals surface area contributed by atoms with Crippen molar-refractivity contribution < 1.29 is 9.84 Å². The van der Waals surface area contributed by atoms with E-state index < -0.39 is 0 Å². The lowest BCUT2D eigenvalue weighted by molar-refractivity contribution is 0.257. The molecule has 0 aliphatic carbocycles. The van der Waals surface area contributed by atoms with Crippen LogP contribution in [0.25, 0.3) is 10.8 Å².